The van der Waals surface area contributed by atoms with Gasteiger partial charge in [0.1, 0.15) is 0 Å². The highest BCUT2D eigenvalue weighted by molar-refractivity contribution is 5.63. The molecule has 1 saturated carbocycles. The second kappa shape index (κ2) is 12.7. The van der Waals surface area contributed by atoms with E-state index in [-0.39, 0.29) is 6.04 Å². The number of benzene rings is 2. The lowest BCUT2D eigenvalue weighted by Gasteiger charge is -2.42. The van der Waals surface area contributed by atoms with Crippen LogP contribution in [0, 0.1) is 0 Å². The quantitative estimate of drug-likeness (QED) is 0.211. The maximum Gasteiger partial charge on any atom is 0.416 e. The van der Waals surface area contributed by atoms with Gasteiger partial charge >= 0.3 is 6.18 Å². The van der Waals surface area contributed by atoms with Crippen LogP contribution in [0.2, 0.25) is 0 Å². The van der Waals surface area contributed by atoms with Gasteiger partial charge in [-0.2, -0.15) is 13.2 Å². The third-order valence-corrected chi connectivity index (χ3v) is 8.84. The number of likely N-dealkylation sites (tertiary alicyclic amines) is 1. The van der Waals surface area contributed by atoms with Gasteiger partial charge in [0, 0.05) is 67.7 Å². The van der Waals surface area contributed by atoms with E-state index in [1.807, 2.05) is 19.2 Å². The van der Waals surface area contributed by atoms with Crippen molar-refractivity contribution in [3.8, 4) is 11.3 Å². The summed E-state index contributed by atoms with van der Waals surface area (Å²) in [6.45, 7) is 2.72. The summed E-state index contributed by atoms with van der Waals surface area (Å²) < 4.78 is 39.5. The van der Waals surface area contributed by atoms with Crippen LogP contribution in [0.4, 0.5) is 30.5 Å². The topological polar surface area (TPSA) is 48.4 Å². The van der Waals surface area contributed by atoms with Crippen LogP contribution in [0.1, 0.15) is 49.7 Å². The molecule has 2 fully saturated rings. The van der Waals surface area contributed by atoms with Crippen molar-refractivity contribution in [2.45, 2.75) is 63.3 Å². The van der Waals surface area contributed by atoms with E-state index >= 15 is 0 Å². The van der Waals surface area contributed by atoms with Crippen molar-refractivity contribution in [2.75, 3.05) is 29.9 Å². The Balaban J connectivity index is 1.28. The van der Waals surface area contributed by atoms with Crippen molar-refractivity contribution in [1.82, 2.24) is 19.9 Å². The van der Waals surface area contributed by atoms with Gasteiger partial charge in [0.25, 0.3) is 0 Å². The predicted octanol–water partition coefficient (Wildman–Crippen LogP) is 7.74. The zero-order valence-corrected chi connectivity index (χ0v) is 24.4. The first kappa shape index (κ1) is 29.1. The van der Waals surface area contributed by atoms with Crippen LogP contribution in [0.25, 0.3) is 11.3 Å². The SMILES string of the molecule is CN(c1ccncc1)c1ccc(CN(c2nccc(-c3ccc(C(F)(F)F)cc3)n2)[C@H]2CCCN(C3CCCC3)C2)cc1. The summed E-state index contributed by atoms with van der Waals surface area (Å²) in [4.78, 5) is 20.8. The number of alkyl halides is 3. The fourth-order valence-corrected chi connectivity index (χ4v) is 6.42. The number of nitrogens with zero attached hydrogens (tertiary/aromatic N) is 6. The summed E-state index contributed by atoms with van der Waals surface area (Å²) in [5.74, 6) is 0.605. The summed E-state index contributed by atoms with van der Waals surface area (Å²) in [5.41, 5.74) is 3.87. The molecule has 2 aromatic carbocycles. The first-order valence-corrected chi connectivity index (χ1v) is 15.1. The molecule has 224 valence electrons. The number of hydrogen-bond acceptors (Lipinski definition) is 6. The zero-order valence-electron chi connectivity index (χ0n) is 24.4. The van der Waals surface area contributed by atoms with E-state index in [1.54, 1.807) is 24.7 Å². The molecule has 3 heterocycles. The summed E-state index contributed by atoms with van der Waals surface area (Å²) in [6.07, 6.45) is 8.20. The van der Waals surface area contributed by atoms with E-state index < -0.39 is 11.7 Å². The van der Waals surface area contributed by atoms with Gasteiger partial charge in [-0.3, -0.25) is 9.88 Å². The number of hydrogen-bond donors (Lipinski definition) is 0. The Labute approximate surface area is 251 Å². The second-order valence-corrected chi connectivity index (χ2v) is 11.6. The van der Waals surface area contributed by atoms with Crippen LogP contribution in [0.15, 0.2) is 85.3 Å². The van der Waals surface area contributed by atoms with Crippen LogP contribution in [0.5, 0.6) is 0 Å². The Bertz CT molecular complexity index is 1470. The highest BCUT2D eigenvalue weighted by Crippen LogP contribution is 2.33. The van der Waals surface area contributed by atoms with Gasteiger partial charge in [-0.05, 0) is 80.3 Å². The van der Waals surface area contributed by atoms with Crippen molar-refractivity contribution in [1.29, 1.82) is 0 Å². The van der Waals surface area contributed by atoms with Gasteiger partial charge in [0.2, 0.25) is 5.95 Å². The Hall–Kier alpha value is -3.98. The normalized spacial score (nSPS) is 18.1. The van der Waals surface area contributed by atoms with Crippen molar-refractivity contribution in [3.05, 3.63) is 96.4 Å². The molecule has 2 aromatic heterocycles. The number of pyridine rings is 1. The van der Waals surface area contributed by atoms with Crippen LogP contribution in [0.3, 0.4) is 0 Å². The van der Waals surface area contributed by atoms with E-state index in [0.29, 0.717) is 29.8 Å². The standard InChI is InChI=1S/C34H37F3N6/c1-41(29-16-19-38-20-17-29)28-14-8-25(9-15-28)23-43(31-7-4-22-42(24-31)30-5-2-3-6-30)33-39-21-18-32(40-33)26-10-12-27(13-11-26)34(35,36)37/h8-21,30-31H,2-7,22-24H2,1H3/t31-/m0/s1. The second-order valence-electron chi connectivity index (χ2n) is 11.6. The molecule has 2 aliphatic rings. The minimum Gasteiger partial charge on any atom is -0.345 e. The van der Waals surface area contributed by atoms with Gasteiger partial charge in [-0.15, -0.1) is 0 Å². The molecule has 0 spiro atoms. The molecule has 1 atom stereocenters. The number of aromatic nitrogens is 3. The first-order valence-electron chi connectivity index (χ1n) is 15.1. The Morgan fingerprint density at radius 3 is 2.21 bits per heavy atom. The maximum atomic E-state index is 13.2. The fourth-order valence-electron chi connectivity index (χ4n) is 6.42. The largest absolute Gasteiger partial charge is 0.416 e. The van der Waals surface area contributed by atoms with E-state index in [9.17, 15) is 13.2 Å². The van der Waals surface area contributed by atoms with Gasteiger partial charge in [-0.25, -0.2) is 9.97 Å². The summed E-state index contributed by atoms with van der Waals surface area (Å²) >= 11 is 0. The van der Waals surface area contributed by atoms with Gasteiger partial charge in [0.15, 0.2) is 0 Å². The number of rotatable bonds is 8. The zero-order chi connectivity index (χ0) is 29.8. The molecule has 9 heteroatoms. The molecule has 1 aliphatic carbocycles. The lowest BCUT2D eigenvalue weighted by atomic mass is 10.0. The maximum absolute atomic E-state index is 13.2. The summed E-state index contributed by atoms with van der Waals surface area (Å²) in [7, 11) is 2.04. The van der Waals surface area contributed by atoms with E-state index in [0.717, 1.165) is 55.0 Å². The van der Waals surface area contributed by atoms with E-state index in [1.165, 1.54) is 37.8 Å². The Morgan fingerprint density at radius 2 is 1.51 bits per heavy atom. The number of anilines is 3. The molecular formula is C34H37F3N6. The number of halogens is 3. The van der Waals surface area contributed by atoms with Crippen molar-refractivity contribution >= 4 is 17.3 Å². The van der Waals surface area contributed by atoms with Crippen LogP contribution in [-0.4, -0.2) is 52.1 Å². The molecule has 43 heavy (non-hydrogen) atoms. The smallest absolute Gasteiger partial charge is 0.345 e. The third kappa shape index (κ3) is 6.82. The van der Waals surface area contributed by atoms with E-state index in [4.69, 9.17) is 9.97 Å². The fraction of sp³-hybridized carbons (Fsp3) is 0.382. The molecular weight excluding hydrogens is 549 g/mol. The van der Waals surface area contributed by atoms with Gasteiger partial charge in [0.05, 0.1) is 11.3 Å². The predicted molar refractivity (Wildman–Crippen MR) is 164 cm³/mol. The monoisotopic (exact) mass is 586 g/mol. The van der Waals surface area contributed by atoms with Crippen LogP contribution in [-0.2, 0) is 12.7 Å². The van der Waals surface area contributed by atoms with Crippen LogP contribution >= 0.6 is 0 Å². The van der Waals surface area contributed by atoms with Crippen molar-refractivity contribution < 1.29 is 13.2 Å². The lowest BCUT2D eigenvalue weighted by molar-refractivity contribution is -0.137. The highest BCUT2D eigenvalue weighted by Gasteiger charge is 2.32. The third-order valence-electron chi connectivity index (χ3n) is 8.84. The van der Waals surface area contributed by atoms with Gasteiger partial charge < -0.3 is 9.80 Å². The molecule has 4 aromatic rings. The van der Waals surface area contributed by atoms with Gasteiger partial charge in [-0.1, -0.05) is 37.1 Å². The van der Waals surface area contributed by atoms with Crippen molar-refractivity contribution in [3.63, 3.8) is 0 Å². The first-order chi connectivity index (χ1) is 20.8. The highest BCUT2D eigenvalue weighted by atomic mass is 19.4. The molecule has 0 radical (unpaired) electrons. The molecule has 6 nitrogen and oxygen atoms in total. The average Bonchev–Trinajstić information content (AvgIpc) is 3.59. The average molecular weight is 587 g/mol. The van der Waals surface area contributed by atoms with Crippen LogP contribution < -0.4 is 9.80 Å². The molecule has 0 unspecified atom stereocenters. The summed E-state index contributed by atoms with van der Waals surface area (Å²) in [6, 6.07) is 20.3. The molecule has 1 saturated heterocycles. The minimum atomic E-state index is -4.37. The number of piperidine rings is 1. The summed E-state index contributed by atoms with van der Waals surface area (Å²) in [5, 5.41) is 0. The Morgan fingerprint density at radius 1 is 0.814 bits per heavy atom. The molecule has 0 bridgehead atoms. The molecule has 1 aliphatic heterocycles. The van der Waals surface area contributed by atoms with Crippen molar-refractivity contribution in [2.24, 2.45) is 0 Å². The molecule has 0 amide bonds. The molecule has 6 rings (SSSR count). The molecule has 0 N–H and O–H groups in total. The van der Waals surface area contributed by atoms with E-state index in [2.05, 4.69) is 43.9 Å². The minimum absolute atomic E-state index is 0.233. The lowest BCUT2D eigenvalue weighted by Crippen LogP contribution is -2.51. The Kier molecular flexibility index (Phi) is 8.61.